The molecule has 26 heavy (non-hydrogen) atoms. The summed E-state index contributed by atoms with van der Waals surface area (Å²) in [6.45, 7) is 4.93. The fourth-order valence-electron chi connectivity index (χ4n) is 3.70. The zero-order valence-electron chi connectivity index (χ0n) is 15.7. The van der Waals surface area contributed by atoms with Crippen molar-refractivity contribution in [3.8, 4) is 0 Å². The molecule has 0 spiro atoms. The predicted molar refractivity (Wildman–Crippen MR) is 104 cm³/mol. The fourth-order valence-corrected chi connectivity index (χ4v) is 3.70. The third-order valence-corrected chi connectivity index (χ3v) is 5.39. The molecule has 136 valence electrons. The van der Waals surface area contributed by atoms with Crippen LogP contribution in [0, 0.1) is 0 Å². The lowest BCUT2D eigenvalue weighted by atomic mass is 9.94. The molecule has 1 aliphatic heterocycles. The van der Waals surface area contributed by atoms with Crippen LogP contribution >= 0.6 is 0 Å². The molecule has 0 aliphatic carbocycles. The summed E-state index contributed by atoms with van der Waals surface area (Å²) in [6.07, 6.45) is 4.55. The van der Waals surface area contributed by atoms with Gasteiger partial charge in [-0.3, -0.25) is 9.59 Å². The molecule has 0 saturated carbocycles. The van der Waals surface area contributed by atoms with Gasteiger partial charge in [-0.15, -0.1) is 0 Å². The van der Waals surface area contributed by atoms with E-state index in [1.165, 1.54) is 12.8 Å². The molecule has 1 aliphatic rings. The molecule has 2 aromatic carbocycles. The lowest BCUT2D eigenvalue weighted by Gasteiger charge is -2.30. The summed E-state index contributed by atoms with van der Waals surface area (Å²) in [5, 5.41) is 0. The molecule has 2 atom stereocenters. The van der Waals surface area contributed by atoms with Gasteiger partial charge >= 0.3 is 0 Å². The molecule has 0 N–H and O–H groups in total. The van der Waals surface area contributed by atoms with Gasteiger partial charge in [0.1, 0.15) is 0 Å². The SMILES string of the molecule is CC(C(=O)N1CCCCCC1C)c1cccc(C(=O)c2ccccc2)c1. The van der Waals surface area contributed by atoms with E-state index in [4.69, 9.17) is 0 Å². The van der Waals surface area contributed by atoms with Crippen LogP contribution in [0.2, 0.25) is 0 Å². The number of hydrogen-bond donors (Lipinski definition) is 0. The highest BCUT2D eigenvalue weighted by Crippen LogP contribution is 2.25. The van der Waals surface area contributed by atoms with Crippen LogP contribution in [0.5, 0.6) is 0 Å². The summed E-state index contributed by atoms with van der Waals surface area (Å²) < 4.78 is 0. The molecule has 1 fully saturated rings. The average molecular weight is 349 g/mol. The minimum absolute atomic E-state index is 0.00441. The first-order valence-electron chi connectivity index (χ1n) is 9.58. The van der Waals surface area contributed by atoms with Gasteiger partial charge in [0.25, 0.3) is 0 Å². The number of amides is 1. The predicted octanol–water partition coefficient (Wildman–Crippen LogP) is 4.81. The second kappa shape index (κ2) is 8.31. The molecule has 0 aromatic heterocycles. The number of carbonyl (C=O) groups excluding carboxylic acids is 2. The van der Waals surface area contributed by atoms with Gasteiger partial charge in [-0.2, -0.15) is 0 Å². The molecule has 0 radical (unpaired) electrons. The molecule has 1 saturated heterocycles. The Morgan fingerprint density at radius 3 is 2.46 bits per heavy atom. The summed E-state index contributed by atoms with van der Waals surface area (Å²) in [5.74, 6) is -0.0713. The Bertz CT molecular complexity index is 769. The quantitative estimate of drug-likeness (QED) is 0.743. The highest BCUT2D eigenvalue weighted by atomic mass is 16.2. The maximum absolute atomic E-state index is 13.1. The van der Waals surface area contributed by atoms with E-state index in [1.54, 1.807) is 0 Å². The van der Waals surface area contributed by atoms with E-state index in [9.17, 15) is 9.59 Å². The number of ketones is 1. The molecule has 3 rings (SSSR count). The summed E-state index contributed by atoms with van der Waals surface area (Å²) in [7, 11) is 0. The molecule has 3 nitrogen and oxygen atoms in total. The van der Waals surface area contributed by atoms with Gasteiger partial charge in [0, 0.05) is 23.7 Å². The summed E-state index contributed by atoms with van der Waals surface area (Å²) in [4.78, 5) is 27.8. The highest BCUT2D eigenvalue weighted by molar-refractivity contribution is 6.09. The lowest BCUT2D eigenvalue weighted by Crippen LogP contribution is -2.40. The van der Waals surface area contributed by atoms with E-state index in [-0.39, 0.29) is 17.6 Å². The van der Waals surface area contributed by atoms with E-state index < -0.39 is 0 Å². The maximum atomic E-state index is 13.1. The first-order chi connectivity index (χ1) is 12.6. The molecule has 3 heteroatoms. The molecule has 0 bridgehead atoms. The number of rotatable bonds is 4. The van der Waals surface area contributed by atoms with Crippen LogP contribution in [0.15, 0.2) is 54.6 Å². The molecular weight excluding hydrogens is 322 g/mol. The van der Waals surface area contributed by atoms with Gasteiger partial charge in [0.05, 0.1) is 5.92 Å². The molecule has 1 amide bonds. The van der Waals surface area contributed by atoms with Crippen LogP contribution in [0.25, 0.3) is 0 Å². The van der Waals surface area contributed by atoms with E-state index in [1.807, 2.05) is 66.4 Å². The van der Waals surface area contributed by atoms with Crippen LogP contribution in [0.4, 0.5) is 0 Å². The largest absolute Gasteiger partial charge is 0.339 e. The van der Waals surface area contributed by atoms with E-state index in [2.05, 4.69) is 6.92 Å². The second-order valence-corrected chi connectivity index (χ2v) is 7.27. The van der Waals surface area contributed by atoms with Crippen LogP contribution in [0.1, 0.15) is 66.9 Å². The Morgan fingerprint density at radius 1 is 0.962 bits per heavy atom. The number of likely N-dealkylation sites (tertiary alicyclic amines) is 1. The van der Waals surface area contributed by atoms with Crippen molar-refractivity contribution in [1.29, 1.82) is 0 Å². The number of nitrogens with zero attached hydrogens (tertiary/aromatic N) is 1. The average Bonchev–Trinajstić information content (AvgIpc) is 2.91. The van der Waals surface area contributed by atoms with Crippen molar-refractivity contribution in [3.63, 3.8) is 0 Å². The topological polar surface area (TPSA) is 37.4 Å². The van der Waals surface area contributed by atoms with Crippen LogP contribution in [-0.4, -0.2) is 29.2 Å². The summed E-state index contributed by atoms with van der Waals surface area (Å²) in [6, 6.07) is 17.1. The van der Waals surface area contributed by atoms with Crippen molar-refractivity contribution in [2.24, 2.45) is 0 Å². The molecule has 2 aromatic rings. The summed E-state index contributed by atoms with van der Waals surface area (Å²) in [5.41, 5.74) is 2.22. The van der Waals surface area contributed by atoms with Crippen molar-refractivity contribution in [1.82, 2.24) is 4.90 Å². The van der Waals surface area contributed by atoms with Crippen LogP contribution in [0.3, 0.4) is 0 Å². The Balaban J connectivity index is 1.80. The van der Waals surface area contributed by atoms with Crippen molar-refractivity contribution < 1.29 is 9.59 Å². The standard InChI is InChI=1S/C23H27NO2/c1-17-10-5-4-8-15-24(17)23(26)18(2)20-13-9-14-21(16-20)22(25)19-11-6-3-7-12-19/h3,6-7,9,11-14,16-18H,4-5,8,10,15H2,1-2H3. The monoisotopic (exact) mass is 349 g/mol. The van der Waals surface area contributed by atoms with Crippen molar-refractivity contribution in [2.45, 2.75) is 51.5 Å². The van der Waals surface area contributed by atoms with Gasteiger partial charge in [-0.1, -0.05) is 61.4 Å². The molecule has 1 heterocycles. The smallest absolute Gasteiger partial charge is 0.230 e. The van der Waals surface area contributed by atoms with Gasteiger partial charge in [-0.25, -0.2) is 0 Å². The summed E-state index contributed by atoms with van der Waals surface area (Å²) >= 11 is 0. The maximum Gasteiger partial charge on any atom is 0.230 e. The van der Waals surface area contributed by atoms with Crippen molar-refractivity contribution in [2.75, 3.05) is 6.54 Å². The van der Waals surface area contributed by atoms with E-state index >= 15 is 0 Å². The van der Waals surface area contributed by atoms with Gasteiger partial charge < -0.3 is 4.90 Å². The Labute approximate surface area is 156 Å². The van der Waals surface area contributed by atoms with E-state index in [0.717, 1.165) is 24.9 Å². The number of carbonyl (C=O) groups is 2. The first kappa shape index (κ1) is 18.4. The zero-order valence-corrected chi connectivity index (χ0v) is 15.7. The van der Waals surface area contributed by atoms with E-state index in [0.29, 0.717) is 17.2 Å². The lowest BCUT2D eigenvalue weighted by molar-refractivity contribution is -0.134. The first-order valence-corrected chi connectivity index (χ1v) is 9.58. The molecule has 2 unspecified atom stereocenters. The third-order valence-electron chi connectivity index (χ3n) is 5.39. The normalized spacial score (nSPS) is 18.8. The van der Waals surface area contributed by atoms with Crippen molar-refractivity contribution in [3.05, 3.63) is 71.3 Å². The van der Waals surface area contributed by atoms with Gasteiger partial charge in [0.2, 0.25) is 5.91 Å². The van der Waals surface area contributed by atoms with Gasteiger partial charge in [-0.05, 0) is 38.3 Å². The third kappa shape index (κ3) is 4.04. The number of benzene rings is 2. The Hall–Kier alpha value is -2.42. The minimum atomic E-state index is -0.237. The fraction of sp³-hybridized carbons (Fsp3) is 0.391. The Morgan fingerprint density at radius 2 is 1.69 bits per heavy atom. The molecular formula is C23H27NO2. The van der Waals surface area contributed by atoms with Gasteiger partial charge in [0.15, 0.2) is 5.78 Å². The number of hydrogen-bond acceptors (Lipinski definition) is 2. The van der Waals surface area contributed by atoms with Crippen LogP contribution < -0.4 is 0 Å². The zero-order chi connectivity index (χ0) is 18.5. The highest BCUT2D eigenvalue weighted by Gasteiger charge is 2.27. The Kier molecular flexibility index (Phi) is 5.87. The minimum Gasteiger partial charge on any atom is -0.339 e. The van der Waals surface area contributed by atoms with Crippen molar-refractivity contribution >= 4 is 11.7 Å². The van der Waals surface area contributed by atoms with Crippen LogP contribution in [-0.2, 0) is 4.79 Å². The second-order valence-electron chi connectivity index (χ2n) is 7.27.